The Balaban J connectivity index is 1.87. The molecule has 0 bridgehead atoms. The fourth-order valence-corrected chi connectivity index (χ4v) is 2.29. The minimum absolute atomic E-state index is 0.170. The first-order valence-electron chi connectivity index (χ1n) is 5.81. The summed E-state index contributed by atoms with van der Waals surface area (Å²) in [6.07, 6.45) is 3.53. The number of nitrogens with one attached hydrogen (secondary N) is 1. The van der Waals surface area contributed by atoms with E-state index in [0.717, 1.165) is 13.0 Å². The molecule has 0 radical (unpaired) electrons. The highest BCUT2D eigenvalue weighted by Gasteiger charge is 2.41. The number of ether oxygens (including phenoxy) is 2. The van der Waals surface area contributed by atoms with Crippen LogP contribution in [0, 0.1) is 5.92 Å². The predicted molar refractivity (Wildman–Crippen MR) is 57.3 cm³/mol. The molecule has 0 aromatic carbocycles. The van der Waals surface area contributed by atoms with Crippen molar-refractivity contribution in [3.63, 3.8) is 0 Å². The van der Waals surface area contributed by atoms with Crippen LogP contribution < -0.4 is 5.32 Å². The van der Waals surface area contributed by atoms with Crippen molar-refractivity contribution in [3.8, 4) is 0 Å². The zero-order valence-electron chi connectivity index (χ0n) is 9.52. The van der Waals surface area contributed by atoms with Gasteiger partial charge in [0.2, 0.25) is 0 Å². The molecule has 1 aliphatic carbocycles. The Morgan fingerprint density at radius 2 is 2.31 bits per heavy atom. The molecule has 3 unspecified atom stereocenters. The van der Waals surface area contributed by atoms with Crippen molar-refractivity contribution in [2.24, 2.45) is 5.92 Å². The van der Waals surface area contributed by atoms with E-state index in [1.165, 1.54) is 20.0 Å². The molecule has 5 heteroatoms. The van der Waals surface area contributed by atoms with E-state index in [0.29, 0.717) is 5.92 Å². The van der Waals surface area contributed by atoms with E-state index < -0.39 is 12.0 Å². The van der Waals surface area contributed by atoms with Crippen LogP contribution in [-0.2, 0) is 14.3 Å². The quantitative estimate of drug-likeness (QED) is 0.683. The first-order valence-corrected chi connectivity index (χ1v) is 5.81. The summed E-state index contributed by atoms with van der Waals surface area (Å²) in [4.78, 5) is 11.0. The van der Waals surface area contributed by atoms with Crippen LogP contribution in [0.4, 0.5) is 0 Å². The van der Waals surface area contributed by atoms with Gasteiger partial charge in [0.15, 0.2) is 0 Å². The van der Waals surface area contributed by atoms with Crippen molar-refractivity contribution in [1.29, 1.82) is 0 Å². The Hall–Kier alpha value is -0.650. The van der Waals surface area contributed by atoms with E-state index >= 15 is 0 Å². The predicted octanol–water partition coefficient (Wildman–Crippen LogP) is 0.243. The van der Waals surface area contributed by atoms with Crippen LogP contribution in [0.3, 0.4) is 0 Å². The van der Waals surface area contributed by atoms with Gasteiger partial charge in [-0.2, -0.15) is 0 Å². The van der Waals surface area contributed by atoms with E-state index in [1.54, 1.807) is 0 Å². The van der Waals surface area contributed by atoms with Crippen molar-refractivity contribution in [2.45, 2.75) is 37.5 Å². The number of carboxylic acid groups (broad SMARTS) is 1. The van der Waals surface area contributed by atoms with Gasteiger partial charge in [0, 0.05) is 19.8 Å². The minimum Gasteiger partial charge on any atom is -0.480 e. The van der Waals surface area contributed by atoms with Crippen LogP contribution in [0.5, 0.6) is 0 Å². The molecule has 0 spiro atoms. The third kappa shape index (κ3) is 2.72. The summed E-state index contributed by atoms with van der Waals surface area (Å²) in [5.41, 5.74) is 0. The van der Waals surface area contributed by atoms with Crippen molar-refractivity contribution < 1.29 is 19.4 Å². The summed E-state index contributed by atoms with van der Waals surface area (Å²) in [5, 5.41) is 12.2. The average Bonchev–Trinajstić information content (AvgIpc) is 2.99. The lowest BCUT2D eigenvalue weighted by molar-refractivity contribution is -0.141. The molecule has 1 aliphatic heterocycles. The second-order valence-corrected chi connectivity index (χ2v) is 4.58. The summed E-state index contributed by atoms with van der Waals surface area (Å²) in [6, 6.07) is -0.457. The lowest BCUT2D eigenvalue weighted by Gasteiger charge is -2.23. The molecule has 1 saturated heterocycles. The van der Waals surface area contributed by atoms with E-state index in [2.05, 4.69) is 5.32 Å². The maximum absolute atomic E-state index is 11.0. The number of carboxylic acids is 1. The molecule has 0 aromatic heterocycles. The van der Waals surface area contributed by atoms with Gasteiger partial charge in [0.05, 0.1) is 12.7 Å². The summed E-state index contributed by atoms with van der Waals surface area (Å²) >= 11 is 0. The molecular formula is C11H19NO4. The molecule has 1 heterocycles. The summed E-state index contributed by atoms with van der Waals surface area (Å²) in [5.74, 6) is -0.222. The monoisotopic (exact) mass is 229 g/mol. The van der Waals surface area contributed by atoms with Crippen molar-refractivity contribution >= 4 is 5.97 Å². The Morgan fingerprint density at radius 3 is 2.88 bits per heavy atom. The van der Waals surface area contributed by atoms with Gasteiger partial charge >= 0.3 is 5.97 Å². The minimum atomic E-state index is -0.858. The van der Waals surface area contributed by atoms with Crippen molar-refractivity contribution in [1.82, 2.24) is 5.32 Å². The van der Waals surface area contributed by atoms with Crippen LogP contribution in [0.1, 0.15) is 19.3 Å². The number of hydrogen-bond acceptors (Lipinski definition) is 4. The molecule has 5 nitrogen and oxygen atoms in total. The molecule has 2 N–H and O–H groups in total. The third-order valence-electron chi connectivity index (χ3n) is 3.27. The number of aliphatic carboxylic acids is 1. The lowest BCUT2D eigenvalue weighted by Crippen LogP contribution is -2.49. The number of methoxy groups -OCH3 is 1. The van der Waals surface area contributed by atoms with Gasteiger partial charge in [0.1, 0.15) is 6.04 Å². The summed E-state index contributed by atoms with van der Waals surface area (Å²) in [7, 11) is 1.52. The fraction of sp³-hybridized carbons (Fsp3) is 0.909. The molecule has 2 aliphatic rings. The molecule has 3 atom stereocenters. The van der Waals surface area contributed by atoms with Crippen LogP contribution >= 0.6 is 0 Å². The Kier molecular flexibility index (Phi) is 3.78. The molecule has 0 aromatic rings. The van der Waals surface area contributed by atoms with Gasteiger partial charge in [-0.1, -0.05) is 0 Å². The van der Waals surface area contributed by atoms with E-state index in [9.17, 15) is 4.79 Å². The standard InChI is InChI=1S/C11H19NO4/c1-15-6-9(11(13)14)12-8-4-5-16-10(8)7-2-3-7/h7-10,12H,2-6H2,1H3,(H,13,14). The van der Waals surface area contributed by atoms with Crippen LogP contribution in [0.2, 0.25) is 0 Å². The molecule has 16 heavy (non-hydrogen) atoms. The zero-order valence-corrected chi connectivity index (χ0v) is 9.52. The molecule has 0 amide bonds. The van der Waals surface area contributed by atoms with Gasteiger partial charge in [0.25, 0.3) is 0 Å². The highest BCUT2D eigenvalue weighted by Crippen LogP contribution is 2.38. The Morgan fingerprint density at radius 1 is 1.56 bits per heavy atom. The second-order valence-electron chi connectivity index (χ2n) is 4.58. The van der Waals surface area contributed by atoms with Gasteiger partial charge in [-0.15, -0.1) is 0 Å². The van der Waals surface area contributed by atoms with Gasteiger partial charge < -0.3 is 14.6 Å². The summed E-state index contributed by atoms with van der Waals surface area (Å²) in [6.45, 7) is 0.932. The van der Waals surface area contributed by atoms with Gasteiger partial charge in [-0.05, 0) is 25.2 Å². The highest BCUT2D eigenvalue weighted by atomic mass is 16.5. The topological polar surface area (TPSA) is 67.8 Å². The molecule has 2 rings (SSSR count). The SMILES string of the molecule is COCC(NC1CCOC1C1CC1)C(=O)O. The molecular weight excluding hydrogens is 210 g/mol. The number of carbonyl (C=O) groups is 1. The Bertz CT molecular complexity index is 254. The van der Waals surface area contributed by atoms with Crippen molar-refractivity contribution in [3.05, 3.63) is 0 Å². The number of rotatable bonds is 6. The maximum Gasteiger partial charge on any atom is 0.323 e. The van der Waals surface area contributed by atoms with Gasteiger partial charge in [-0.3, -0.25) is 10.1 Å². The smallest absolute Gasteiger partial charge is 0.323 e. The fourth-order valence-electron chi connectivity index (χ4n) is 2.29. The van der Waals surface area contributed by atoms with Crippen LogP contribution in [0.25, 0.3) is 0 Å². The lowest BCUT2D eigenvalue weighted by atomic mass is 10.1. The number of hydrogen-bond donors (Lipinski definition) is 2. The maximum atomic E-state index is 11.0. The summed E-state index contributed by atoms with van der Waals surface area (Å²) < 4.78 is 10.6. The third-order valence-corrected chi connectivity index (χ3v) is 3.27. The molecule has 92 valence electrons. The van der Waals surface area contributed by atoms with Crippen LogP contribution in [0.15, 0.2) is 0 Å². The van der Waals surface area contributed by atoms with E-state index in [1.807, 2.05) is 0 Å². The molecule has 1 saturated carbocycles. The normalized spacial score (nSPS) is 31.6. The van der Waals surface area contributed by atoms with Crippen molar-refractivity contribution in [2.75, 3.05) is 20.3 Å². The largest absolute Gasteiger partial charge is 0.480 e. The van der Waals surface area contributed by atoms with Gasteiger partial charge in [-0.25, -0.2) is 0 Å². The highest BCUT2D eigenvalue weighted by molar-refractivity contribution is 5.73. The zero-order chi connectivity index (χ0) is 11.5. The Labute approximate surface area is 95.1 Å². The van der Waals surface area contributed by atoms with E-state index in [-0.39, 0.29) is 18.8 Å². The second kappa shape index (κ2) is 5.12. The first-order chi connectivity index (χ1) is 7.72. The average molecular weight is 229 g/mol. The molecule has 2 fully saturated rings. The first kappa shape index (κ1) is 11.8. The van der Waals surface area contributed by atoms with E-state index in [4.69, 9.17) is 14.6 Å². The van der Waals surface area contributed by atoms with Crippen LogP contribution in [-0.4, -0.2) is 49.6 Å².